The standard InChI is InChI=1S/C21H27N3O4S/c1-4-22(5-2)29(27,28)18-11-12-20(21(15-18)24(25)26)23-13-7-10-19(23)17-9-6-8-16(3)14-17/h6,8-9,11-12,14-15,19H,4-5,7,10,13H2,1-3H3. The van der Waals surface area contributed by atoms with Gasteiger partial charge >= 0.3 is 0 Å². The first-order valence-electron chi connectivity index (χ1n) is 9.91. The summed E-state index contributed by atoms with van der Waals surface area (Å²) in [6, 6.07) is 12.5. The second kappa shape index (κ2) is 8.51. The second-order valence-electron chi connectivity index (χ2n) is 7.26. The summed E-state index contributed by atoms with van der Waals surface area (Å²) in [5.74, 6) is 0. The zero-order chi connectivity index (χ0) is 21.2. The third kappa shape index (κ3) is 4.13. The van der Waals surface area contributed by atoms with Crippen LogP contribution in [0.2, 0.25) is 0 Å². The van der Waals surface area contributed by atoms with Gasteiger partial charge in [0, 0.05) is 25.7 Å². The highest BCUT2D eigenvalue weighted by molar-refractivity contribution is 7.89. The van der Waals surface area contributed by atoms with Gasteiger partial charge in [-0.25, -0.2) is 8.42 Å². The molecule has 1 fully saturated rings. The van der Waals surface area contributed by atoms with Crippen molar-refractivity contribution in [3.63, 3.8) is 0 Å². The van der Waals surface area contributed by atoms with Crippen molar-refractivity contribution in [3.8, 4) is 0 Å². The molecule has 0 amide bonds. The van der Waals surface area contributed by atoms with Crippen molar-refractivity contribution < 1.29 is 13.3 Å². The van der Waals surface area contributed by atoms with Crippen molar-refractivity contribution in [2.24, 2.45) is 0 Å². The third-order valence-corrected chi connectivity index (χ3v) is 7.52. The van der Waals surface area contributed by atoms with E-state index in [-0.39, 0.29) is 16.6 Å². The first-order valence-corrected chi connectivity index (χ1v) is 11.3. The third-order valence-electron chi connectivity index (χ3n) is 5.48. The number of nitrogens with zero attached hydrogens (tertiary/aromatic N) is 3. The van der Waals surface area contributed by atoms with E-state index in [0.29, 0.717) is 25.3 Å². The van der Waals surface area contributed by atoms with Crippen molar-refractivity contribution in [2.75, 3.05) is 24.5 Å². The van der Waals surface area contributed by atoms with Crippen LogP contribution in [0.4, 0.5) is 11.4 Å². The van der Waals surface area contributed by atoms with Crippen LogP contribution in [0, 0.1) is 17.0 Å². The fourth-order valence-corrected chi connectivity index (χ4v) is 5.52. The van der Waals surface area contributed by atoms with Gasteiger partial charge in [0.25, 0.3) is 5.69 Å². The summed E-state index contributed by atoms with van der Waals surface area (Å²) in [5, 5.41) is 11.8. The molecule has 0 radical (unpaired) electrons. The molecule has 7 nitrogen and oxygen atoms in total. The van der Waals surface area contributed by atoms with Crippen LogP contribution < -0.4 is 4.90 Å². The zero-order valence-corrected chi connectivity index (χ0v) is 17.9. The Morgan fingerprint density at radius 2 is 1.90 bits per heavy atom. The predicted octanol–water partition coefficient (Wildman–Crippen LogP) is 4.28. The molecule has 2 aromatic rings. The number of anilines is 1. The molecular weight excluding hydrogens is 390 g/mol. The Bertz CT molecular complexity index is 1000. The maximum Gasteiger partial charge on any atom is 0.293 e. The number of rotatable bonds is 7. The summed E-state index contributed by atoms with van der Waals surface area (Å²) < 4.78 is 26.9. The Morgan fingerprint density at radius 3 is 2.52 bits per heavy atom. The lowest BCUT2D eigenvalue weighted by Gasteiger charge is -2.27. The van der Waals surface area contributed by atoms with Crippen LogP contribution in [0.5, 0.6) is 0 Å². The number of aryl methyl sites for hydroxylation is 1. The van der Waals surface area contributed by atoms with Gasteiger partial charge in [-0.3, -0.25) is 10.1 Å². The van der Waals surface area contributed by atoms with Crippen LogP contribution in [0.25, 0.3) is 0 Å². The number of hydrogen-bond donors (Lipinski definition) is 0. The minimum atomic E-state index is -3.76. The van der Waals surface area contributed by atoms with E-state index in [9.17, 15) is 18.5 Å². The van der Waals surface area contributed by atoms with Crippen molar-refractivity contribution in [3.05, 3.63) is 63.7 Å². The number of benzene rings is 2. The van der Waals surface area contributed by atoms with Crippen LogP contribution in [0.1, 0.15) is 43.9 Å². The molecule has 0 N–H and O–H groups in total. The van der Waals surface area contributed by atoms with Crippen LogP contribution in [0.3, 0.4) is 0 Å². The zero-order valence-electron chi connectivity index (χ0n) is 17.0. The molecule has 1 saturated heterocycles. The number of nitro benzene ring substituents is 1. The molecule has 1 heterocycles. The highest BCUT2D eigenvalue weighted by Crippen LogP contribution is 2.41. The molecule has 0 aromatic heterocycles. The van der Waals surface area contributed by atoms with E-state index >= 15 is 0 Å². The van der Waals surface area contributed by atoms with Crippen molar-refractivity contribution >= 4 is 21.4 Å². The fraction of sp³-hybridized carbons (Fsp3) is 0.429. The molecule has 0 spiro atoms. The Kier molecular flexibility index (Phi) is 6.24. The van der Waals surface area contributed by atoms with Gasteiger partial charge in [-0.05, 0) is 37.5 Å². The van der Waals surface area contributed by atoms with Gasteiger partial charge in [0.2, 0.25) is 10.0 Å². The average Bonchev–Trinajstić information content (AvgIpc) is 3.18. The minimum absolute atomic E-state index is 0.0389. The van der Waals surface area contributed by atoms with Crippen molar-refractivity contribution in [2.45, 2.75) is 44.6 Å². The Labute approximate surface area is 172 Å². The smallest absolute Gasteiger partial charge is 0.293 e. The molecule has 0 aliphatic carbocycles. The fourth-order valence-electron chi connectivity index (χ4n) is 4.04. The lowest BCUT2D eigenvalue weighted by atomic mass is 10.0. The molecule has 8 heteroatoms. The first-order chi connectivity index (χ1) is 13.8. The van der Waals surface area contributed by atoms with Gasteiger partial charge in [0.15, 0.2) is 0 Å². The molecule has 2 aromatic carbocycles. The normalized spacial score (nSPS) is 17.1. The van der Waals surface area contributed by atoms with Crippen LogP contribution in [0.15, 0.2) is 47.4 Å². The molecule has 0 saturated carbocycles. The summed E-state index contributed by atoms with van der Waals surface area (Å²) in [6.45, 7) is 6.85. The van der Waals surface area contributed by atoms with Gasteiger partial charge in [-0.15, -0.1) is 0 Å². The Hall–Kier alpha value is -2.45. The second-order valence-corrected chi connectivity index (χ2v) is 9.20. The lowest BCUT2D eigenvalue weighted by Crippen LogP contribution is -2.30. The molecule has 156 valence electrons. The van der Waals surface area contributed by atoms with Crippen LogP contribution in [-0.2, 0) is 10.0 Å². The average molecular weight is 418 g/mol. The Morgan fingerprint density at radius 1 is 1.17 bits per heavy atom. The van der Waals surface area contributed by atoms with E-state index < -0.39 is 14.9 Å². The van der Waals surface area contributed by atoms with E-state index in [1.54, 1.807) is 19.9 Å². The van der Waals surface area contributed by atoms with E-state index in [4.69, 9.17) is 0 Å². The molecule has 1 atom stereocenters. The maximum absolute atomic E-state index is 12.8. The largest absolute Gasteiger partial charge is 0.359 e. The lowest BCUT2D eigenvalue weighted by molar-refractivity contribution is -0.384. The van der Waals surface area contributed by atoms with Crippen molar-refractivity contribution in [1.29, 1.82) is 0 Å². The summed E-state index contributed by atoms with van der Waals surface area (Å²) in [5.41, 5.74) is 2.57. The summed E-state index contributed by atoms with van der Waals surface area (Å²) in [7, 11) is -3.76. The van der Waals surface area contributed by atoms with Gasteiger partial charge in [-0.1, -0.05) is 43.7 Å². The highest BCUT2D eigenvalue weighted by Gasteiger charge is 2.33. The molecule has 29 heavy (non-hydrogen) atoms. The van der Waals surface area contributed by atoms with Gasteiger partial charge in [-0.2, -0.15) is 4.31 Å². The van der Waals surface area contributed by atoms with Crippen LogP contribution >= 0.6 is 0 Å². The van der Waals surface area contributed by atoms with E-state index in [1.807, 2.05) is 30.0 Å². The topological polar surface area (TPSA) is 83.8 Å². The summed E-state index contributed by atoms with van der Waals surface area (Å²) >= 11 is 0. The first kappa shape index (κ1) is 21.3. The maximum atomic E-state index is 12.8. The molecular formula is C21H27N3O4S. The van der Waals surface area contributed by atoms with E-state index in [0.717, 1.165) is 24.0 Å². The predicted molar refractivity (Wildman–Crippen MR) is 114 cm³/mol. The van der Waals surface area contributed by atoms with E-state index in [2.05, 4.69) is 6.07 Å². The monoisotopic (exact) mass is 417 g/mol. The number of sulfonamides is 1. The highest BCUT2D eigenvalue weighted by atomic mass is 32.2. The quantitative estimate of drug-likeness (QED) is 0.496. The SMILES string of the molecule is CCN(CC)S(=O)(=O)c1ccc(N2CCCC2c2cccc(C)c2)c([N+](=O)[O-])c1. The molecule has 3 rings (SSSR count). The van der Waals surface area contributed by atoms with Crippen LogP contribution in [-0.4, -0.2) is 37.3 Å². The molecule has 1 aliphatic rings. The van der Waals surface area contributed by atoms with Crippen molar-refractivity contribution in [1.82, 2.24) is 4.31 Å². The minimum Gasteiger partial charge on any atom is -0.359 e. The number of nitro groups is 1. The molecule has 1 aliphatic heterocycles. The molecule has 0 bridgehead atoms. The van der Waals surface area contributed by atoms with Gasteiger partial charge < -0.3 is 4.90 Å². The number of hydrogen-bond acceptors (Lipinski definition) is 5. The molecule has 1 unspecified atom stereocenters. The Balaban J connectivity index is 2.05. The summed E-state index contributed by atoms with van der Waals surface area (Å²) in [4.78, 5) is 13.3. The van der Waals surface area contributed by atoms with Gasteiger partial charge in [0.1, 0.15) is 5.69 Å². The summed E-state index contributed by atoms with van der Waals surface area (Å²) in [6.07, 6.45) is 1.83. The van der Waals surface area contributed by atoms with Gasteiger partial charge in [0.05, 0.1) is 15.9 Å². The van der Waals surface area contributed by atoms with E-state index in [1.165, 1.54) is 16.4 Å².